The van der Waals surface area contributed by atoms with Gasteiger partial charge < -0.3 is 14.9 Å². The Kier molecular flexibility index (Phi) is 7.11. The quantitative estimate of drug-likeness (QED) is 0.461. The molecule has 2 aromatic carbocycles. The van der Waals surface area contributed by atoms with Gasteiger partial charge in [-0.05, 0) is 36.8 Å². The first kappa shape index (κ1) is 21.1. The average Bonchev–Trinajstić information content (AvgIpc) is 3.07. The van der Waals surface area contributed by atoms with Crippen LogP contribution < -0.4 is 14.9 Å². The predicted octanol–water partition coefficient (Wildman–Crippen LogP) is 5.02. The van der Waals surface area contributed by atoms with E-state index in [1.54, 1.807) is 28.9 Å². The van der Waals surface area contributed by atoms with Gasteiger partial charge in [0, 0.05) is 23.1 Å². The fourth-order valence-electron chi connectivity index (χ4n) is 2.76. The molecule has 0 aliphatic carbocycles. The smallest absolute Gasteiger partial charge is 0.214 e. The van der Waals surface area contributed by atoms with Crippen LogP contribution in [0.4, 0.5) is 4.39 Å². The summed E-state index contributed by atoms with van der Waals surface area (Å²) in [7, 11) is 0. The van der Waals surface area contributed by atoms with Crippen LogP contribution >= 0.6 is 23.8 Å². The molecule has 1 aromatic heterocycles. The van der Waals surface area contributed by atoms with Crippen LogP contribution in [0.3, 0.4) is 0 Å². The van der Waals surface area contributed by atoms with Crippen LogP contribution in [-0.2, 0) is 19.6 Å². The number of aryl methyl sites for hydroxylation is 1. The molecule has 0 aliphatic heterocycles. The minimum Gasteiger partial charge on any atom is -0.490 e. The van der Waals surface area contributed by atoms with E-state index in [9.17, 15) is 4.39 Å². The molecule has 2 N–H and O–H groups in total. The number of nitrogens with one attached hydrogen (secondary N) is 2. The molecule has 0 atom stereocenters. The van der Waals surface area contributed by atoms with Crippen molar-refractivity contribution >= 4 is 23.8 Å². The van der Waals surface area contributed by atoms with Crippen molar-refractivity contribution in [1.29, 1.82) is 0 Å². The minimum atomic E-state index is -0.319. The highest BCUT2D eigenvalue weighted by atomic mass is 35.5. The van der Waals surface area contributed by atoms with Gasteiger partial charge in [0.2, 0.25) is 4.77 Å². The first-order chi connectivity index (χ1) is 14.0. The van der Waals surface area contributed by atoms with Gasteiger partial charge >= 0.3 is 0 Å². The van der Waals surface area contributed by atoms with Crippen LogP contribution in [-0.4, -0.2) is 21.5 Å². The zero-order valence-electron chi connectivity index (χ0n) is 16.2. The fraction of sp³-hybridized carbons (Fsp3) is 0.300. The summed E-state index contributed by atoms with van der Waals surface area (Å²) in [5.41, 5.74) is 4.47. The van der Waals surface area contributed by atoms with Crippen LogP contribution in [0.5, 0.6) is 11.5 Å². The zero-order chi connectivity index (χ0) is 20.8. The summed E-state index contributed by atoms with van der Waals surface area (Å²) in [5.74, 6) is 1.47. The number of ether oxygens (including phenoxy) is 2. The number of benzene rings is 2. The Morgan fingerprint density at radius 1 is 1.17 bits per heavy atom. The van der Waals surface area contributed by atoms with Gasteiger partial charge in [-0.25, -0.2) is 9.07 Å². The van der Waals surface area contributed by atoms with Gasteiger partial charge in [0.15, 0.2) is 17.3 Å². The van der Waals surface area contributed by atoms with Crippen molar-refractivity contribution in [3.63, 3.8) is 0 Å². The molecule has 3 aromatic rings. The fourth-order valence-corrected chi connectivity index (χ4v) is 3.19. The molecule has 29 heavy (non-hydrogen) atoms. The topological polar surface area (TPSA) is 64.1 Å². The van der Waals surface area contributed by atoms with Crippen molar-refractivity contribution < 1.29 is 13.9 Å². The highest BCUT2D eigenvalue weighted by molar-refractivity contribution is 7.71. The lowest BCUT2D eigenvalue weighted by Gasteiger charge is -2.16. The summed E-state index contributed by atoms with van der Waals surface area (Å²) >= 11 is 11.7. The number of hydrogen-bond acceptors (Lipinski definition) is 5. The first-order valence-electron chi connectivity index (χ1n) is 9.25. The van der Waals surface area contributed by atoms with Crippen molar-refractivity contribution in [2.24, 2.45) is 0 Å². The van der Waals surface area contributed by atoms with Crippen LogP contribution in [0.15, 0.2) is 36.4 Å². The second-order valence-corrected chi connectivity index (χ2v) is 6.97. The van der Waals surface area contributed by atoms with Gasteiger partial charge in [0.25, 0.3) is 0 Å². The highest BCUT2D eigenvalue weighted by Gasteiger charge is 2.13. The summed E-state index contributed by atoms with van der Waals surface area (Å²) in [4.78, 5) is 0. The van der Waals surface area contributed by atoms with Gasteiger partial charge in [-0.15, -0.1) is 0 Å². The third kappa shape index (κ3) is 5.07. The van der Waals surface area contributed by atoms with E-state index in [1.807, 2.05) is 19.9 Å². The summed E-state index contributed by atoms with van der Waals surface area (Å²) in [6.45, 7) is 4.81. The zero-order valence-corrected chi connectivity index (χ0v) is 17.7. The van der Waals surface area contributed by atoms with Crippen LogP contribution in [0, 0.1) is 10.6 Å². The Morgan fingerprint density at radius 3 is 2.66 bits per heavy atom. The van der Waals surface area contributed by atoms with Gasteiger partial charge in [-0.3, -0.25) is 5.10 Å². The molecule has 0 unspecified atom stereocenters. The summed E-state index contributed by atoms with van der Waals surface area (Å²) in [6, 6.07) is 9.97. The van der Waals surface area contributed by atoms with Crippen molar-refractivity contribution in [3.8, 4) is 11.5 Å². The van der Waals surface area contributed by atoms with Gasteiger partial charge in [0.1, 0.15) is 12.4 Å². The Labute approximate surface area is 178 Å². The molecule has 0 radical (unpaired) electrons. The molecule has 6 nitrogen and oxygen atoms in total. The lowest BCUT2D eigenvalue weighted by molar-refractivity contribution is 0.265. The van der Waals surface area contributed by atoms with Crippen molar-refractivity contribution in [3.05, 3.63) is 69.0 Å². The third-order valence-electron chi connectivity index (χ3n) is 4.24. The summed E-state index contributed by atoms with van der Waals surface area (Å²) in [6.07, 6.45) is 0.723. The highest BCUT2D eigenvalue weighted by Crippen LogP contribution is 2.34. The van der Waals surface area contributed by atoms with E-state index < -0.39 is 0 Å². The number of nitrogens with zero attached hydrogens (tertiary/aromatic N) is 2. The van der Waals surface area contributed by atoms with Gasteiger partial charge in [0.05, 0.1) is 13.2 Å². The monoisotopic (exact) mass is 436 g/mol. The number of aromatic nitrogens is 3. The van der Waals surface area contributed by atoms with Crippen molar-refractivity contribution in [2.45, 2.75) is 33.4 Å². The number of rotatable bonds is 9. The van der Waals surface area contributed by atoms with E-state index in [-0.39, 0.29) is 12.4 Å². The lowest BCUT2D eigenvalue weighted by atomic mass is 10.2. The Morgan fingerprint density at radius 2 is 1.93 bits per heavy atom. The summed E-state index contributed by atoms with van der Waals surface area (Å²) in [5, 5.41) is 7.42. The first-order valence-corrected chi connectivity index (χ1v) is 10.0. The Bertz CT molecular complexity index is 1040. The molecule has 154 valence electrons. The summed E-state index contributed by atoms with van der Waals surface area (Å²) < 4.78 is 27.5. The van der Waals surface area contributed by atoms with Crippen molar-refractivity contribution in [2.75, 3.05) is 12.0 Å². The molecular weight excluding hydrogens is 415 g/mol. The van der Waals surface area contributed by atoms with Crippen LogP contribution in [0.2, 0.25) is 5.02 Å². The Balaban J connectivity index is 1.79. The normalized spacial score (nSPS) is 10.8. The molecule has 0 spiro atoms. The van der Waals surface area contributed by atoms with Crippen molar-refractivity contribution in [1.82, 2.24) is 14.9 Å². The van der Waals surface area contributed by atoms with Crippen LogP contribution in [0.25, 0.3) is 0 Å². The third-order valence-corrected chi connectivity index (χ3v) is 4.86. The van der Waals surface area contributed by atoms with E-state index in [0.717, 1.165) is 17.8 Å². The number of aromatic amines is 1. The van der Waals surface area contributed by atoms with Crippen LogP contribution in [0.1, 0.15) is 30.8 Å². The largest absolute Gasteiger partial charge is 0.490 e. The second-order valence-electron chi connectivity index (χ2n) is 6.17. The molecule has 0 saturated heterocycles. The van der Waals surface area contributed by atoms with E-state index in [4.69, 9.17) is 33.3 Å². The van der Waals surface area contributed by atoms with E-state index in [2.05, 4.69) is 15.6 Å². The maximum atomic E-state index is 13.8. The standard InChI is InChI=1S/C20H22ClFN4O2S/c1-3-19-24-25-20(29)26(19)23-11-14-9-17(27-4-2)18(10-15(14)21)28-12-13-7-5-6-8-16(13)22/h5-10,23H,3-4,11-12H2,1-2H3,(H,25,29). The molecule has 0 aliphatic rings. The van der Waals surface area contributed by atoms with E-state index in [0.29, 0.717) is 40.0 Å². The molecule has 0 fully saturated rings. The Hall–Kier alpha value is -2.58. The molecule has 9 heteroatoms. The second kappa shape index (κ2) is 9.76. The van der Waals surface area contributed by atoms with Gasteiger partial charge in [-0.2, -0.15) is 5.10 Å². The van der Waals surface area contributed by atoms with E-state index >= 15 is 0 Å². The number of halogens is 2. The number of H-pyrrole nitrogens is 1. The SMILES string of the molecule is CCOc1cc(CNn2c(CC)n[nH]c2=S)c(Cl)cc1OCc1ccccc1F. The molecule has 0 bridgehead atoms. The average molecular weight is 437 g/mol. The van der Waals surface area contributed by atoms with Gasteiger partial charge in [-0.1, -0.05) is 36.7 Å². The number of hydrogen-bond donors (Lipinski definition) is 2. The maximum absolute atomic E-state index is 13.8. The molecule has 0 saturated carbocycles. The molecule has 1 heterocycles. The van der Waals surface area contributed by atoms with E-state index in [1.165, 1.54) is 6.07 Å². The molecule has 0 amide bonds. The predicted molar refractivity (Wildman–Crippen MR) is 113 cm³/mol. The lowest BCUT2D eigenvalue weighted by Crippen LogP contribution is -2.17. The molecule has 3 rings (SSSR count). The maximum Gasteiger partial charge on any atom is 0.214 e. The minimum absolute atomic E-state index is 0.0741. The molecular formula is C20H22ClFN4O2S.